The molecule has 1 aromatic carbocycles. The molecule has 2 aliphatic heterocycles. The highest BCUT2D eigenvalue weighted by atomic mass is 16.5. The van der Waals surface area contributed by atoms with Crippen molar-refractivity contribution in [2.24, 2.45) is 0 Å². The van der Waals surface area contributed by atoms with Crippen molar-refractivity contribution in [2.75, 3.05) is 32.7 Å². The first kappa shape index (κ1) is 10.1. The number of hydrogen-bond donors (Lipinski definition) is 2. The molecule has 86 valence electrons. The number of nitrogens with two attached hydrogens (primary N) is 1. The maximum absolute atomic E-state index is 5.98. The summed E-state index contributed by atoms with van der Waals surface area (Å²) in [4.78, 5) is 1.71. The number of nitrogens with one attached hydrogen (secondary N) is 1. The zero-order valence-corrected chi connectivity index (χ0v) is 9.61. The van der Waals surface area contributed by atoms with E-state index in [-0.39, 0.29) is 0 Å². The fourth-order valence-electron chi connectivity index (χ4n) is 2.78. The standard InChI is InChI=1S/C13H18N2O/c1-2-4-13-11(3-1)9-12(16-13)10-15-7-5-14-6-8-15/h1-4,12,14H,5-10H2/p+2/t12-/m0/s1. The van der Waals surface area contributed by atoms with Gasteiger partial charge < -0.3 is 15.0 Å². The average molecular weight is 220 g/mol. The molecule has 1 fully saturated rings. The third kappa shape index (κ3) is 2.06. The van der Waals surface area contributed by atoms with Crippen LogP contribution >= 0.6 is 0 Å². The van der Waals surface area contributed by atoms with Gasteiger partial charge in [-0.25, -0.2) is 0 Å². The van der Waals surface area contributed by atoms with Gasteiger partial charge in [0.2, 0.25) is 0 Å². The maximum atomic E-state index is 5.98. The summed E-state index contributed by atoms with van der Waals surface area (Å²) >= 11 is 0. The third-order valence-corrected chi connectivity index (χ3v) is 3.63. The SMILES string of the molecule is c1ccc2c(c1)C[C@@H](C[NH+]1CC[NH2+]CC1)O2. The Balaban J connectivity index is 1.59. The molecule has 2 aliphatic rings. The van der Waals surface area contributed by atoms with Crippen LogP contribution in [0.2, 0.25) is 0 Å². The lowest BCUT2D eigenvalue weighted by molar-refractivity contribution is -0.948. The summed E-state index contributed by atoms with van der Waals surface area (Å²) in [5, 5.41) is 2.41. The highest BCUT2D eigenvalue weighted by molar-refractivity contribution is 5.37. The van der Waals surface area contributed by atoms with Crippen molar-refractivity contribution in [3.8, 4) is 5.75 Å². The highest BCUT2D eigenvalue weighted by Gasteiger charge is 2.27. The highest BCUT2D eigenvalue weighted by Crippen LogP contribution is 2.27. The molecule has 1 aromatic rings. The minimum Gasteiger partial charge on any atom is -0.484 e. The number of quaternary nitrogens is 2. The van der Waals surface area contributed by atoms with Crippen molar-refractivity contribution in [2.45, 2.75) is 12.5 Å². The molecular weight excluding hydrogens is 200 g/mol. The Hall–Kier alpha value is -1.06. The molecule has 3 nitrogen and oxygen atoms in total. The van der Waals surface area contributed by atoms with Crippen LogP contribution in [0.15, 0.2) is 24.3 Å². The number of piperazine rings is 1. The number of rotatable bonds is 2. The van der Waals surface area contributed by atoms with E-state index in [0.29, 0.717) is 6.10 Å². The molecule has 3 heteroatoms. The summed E-state index contributed by atoms with van der Waals surface area (Å²) in [6.45, 7) is 6.29. The first-order valence-electron chi connectivity index (χ1n) is 6.31. The van der Waals surface area contributed by atoms with E-state index in [1.807, 2.05) is 0 Å². The van der Waals surface area contributed by atoms with Gasteiger partial charge in [-0.05, 0) is 11.6 Å². The number of para-hydroxylation sites is 1. The van der Waals surface area contributed by atoms with Crippen LogP contribution in [0.25, 0.3) is 0 Å². The van der Waals surface area contributed by atoms with Crippen LogP contribution in [0.4, 0.5) is 0 Å². The number of ether oxygens (including phenoxy) is 1. The van der Waals surface area contributed by atoms with Crippen LogP contribution in [0.1, 0.15) is 5.56 Å². The first-order valence-corrected chi connectivity index (χ1v) is 6.31. The molecule has 1 atom stereocenters. The molecule has 0 aliphatic carbocycles. The van der Waals surface area contributed by atoms with Crippen molar-refractivity contribution in [3.63, 3.8) is 0 Å². The van der Waals surface area contributed by atoms with Gasteiger partial charge in [0, 0.05) is 6.42 Å². The van der Waals surface area contributed by atoms with Gasteiger partial charge in [-0.3, -0.25) is 0 Å². The van der Waals surface area contributed by atoms with Crippen molar-refractivity contribution in [1.29, 1.82) is 0 Å². The molecule has 0 aromatic heterocycles. The van der Waals surface area contributed by atoms with Crippen molar-refractivity contribution >= 4 is 0 Å². The molecule has 0 amide bonds. The Kier molecular flexibility index (Phi) is 2.80. The van der Waals surface area contributed by atoms with Crippen LogP contribution in [-0.4, -0.2) is 38.8 Å². The zero-order valence-electron chi connectivity index (χ0n) is 9.61. The van der Waals surface area contributed by atoms with E-state index in [0.717, 1.165) is 12.2 Å². The first-order chi connectivity index (χ1) is 7.92. The van der Waals surface area contributed by atoms with Gasteiger partial charge in [-0.2, -0.15) is 0 Å². The summed E-state index contributed by atoms with van der Waals surface area (Å²) < 4.78 is 5.98. The zero-order chi connectivity index (χ0) is 10.8. The molecule has 0 bridgehead atoms. The van der Waals surface area contributed by atoms with E-state index in [9.17, 15) is 0 Å². The Morgan fingerprint density at radius 1 is 1.25 bits per heavy atom. The molecule has 0 unspecified atom stereocenters. The smallest absolute Gasteiger partial charge is 0.151 e. The molecule has 3 N–H and O–H groups in total. The van der Waals surface area contributed by atoms with Crippen LogP contribution in [0, 0.1) is 0 Å². The molecule has 16 heavy (non-hydrogen) atoms. The van der Waals surface area contributed by atoms with Crippen molar-refractivity contribution in [3.05, 3.63) is 29.8 Å². The second kappa shape index (κ2) is 4.44. The van der Waals surface area contributed by atoms with Crippen molar-refractivity contribution in [1.82, 2.24) is 0 Å². The predicted octanol–water partition coefficient (Wildman–Crippen LogP) is -1.55. The Bertz CT molecular complexity index is 336. The monoisotopic (exact) mass is 220 g/mol. The van der Waals surface area contributed by atoms with Gasteiger partial charge in [0.15, 0.2) is 6.10 Å². The number of fused-ring (bicyclic) bond motifs is 1. The lowest BCUT2D eigenvalue weighted by Crippen LogP contribution is -3.21. The normalized spacial score (nSPS) is 25.1. The Morgan fingerprint density at radius 3 is 2.88 bits per heavy atom. The summed E-state index contributed by atoms with van der Waals surface area (Å²) in [5.41, 5.74) is 1.38. The van der Waals surface area contributed by atoms with E-state index in [2.05, 4.69) is 29.6 Å². The fraction of sp³-hybridized carbons (Fsp3) is 0.538. The molecule has 0 radical (unpaired) electrons. The van der Waals surface area contributed by atoms with Crippen molar-refractivity contribution < 1.29 is 15.0 Å². The van der Waals surface area contributed by atoms with E-state index in [1.54, 1.807) is 4.90 Å². The minimum atomic E-state index is 0.408. The lowest BCUT2D eigenvalue weighted by atomic mass is 10.1. The largest absolute Gasteiger partial charge is 0.484 e. The van der Waals surface area contributed by atoms with Crippen LogP contribution in [0.5, 0.6) is 5.75 Å². The fourth-order valence-corrected chi connectivity index (χ4v) is 2.78. The van der Waals surface area contributed by atoms with Crippen LogP contribution in [-0.2, 0) is 6.42 Å². The summed E-state index contributed by atoms with van der Waals surface area (Å²) in [6.07, 6.45) is 1.51. The van der Waals surface area contributed by atoms with E-state index in [1.165, 1.54) is 38.3 Å². The average Bonchev–Trinajstić information content (AvgIpc) is 2.72. The topological polar surface area (TPSA) is 30.3 Å². The van der Waals surface area contributed by atoms with Gasteiger partial charge in [-0.1, -0.05) is 18.2 Å². The van der Waals surface area contributed by atoms with E-state index >= 15 is 0 Å². The quantitative estimate of drug-likeness (QED) is 0.621. The molecule has 0 saturated carbocycles. The maximum Gasteiger partial charge on any atom is 0.151 e. The molecule has 2 heterocycles. The molecule has 3 rings (SSSR count). The van der Waals surface area contributed by atoms with Gasteiger partial charge in [0.1, 0.15) is 38.5 Å². The second-order valence-corrected chi connectivity index (χ2v) is 4.87. The van der Waals surface area contributed by atoms with Gasteiger partial charge >= 0.3 is 0 Å². The van der Waals surface area contributed by atoms with E-state index in [4.69, 9.17) is 4.74 Å². The second-order valence-electron chi connectivity index (χ2n) is 4.87. The van der Waals surface area contributed by atoms with Gasteiger partial charge in [0.05, 0.1) is 0 Å². The molecular formula is C13H20N2O+2. The minimum absolute atomic E-state index is 0.408. The van der Waals surface area contributed by atoms with E-state index < -0.39 is 0 Å². The van der Waals surface area contributed by atoms with Gasteiger partial charge in [0.25, 0.3) is 0 Å². The van der Waals surface area contributed by atoms with Crippen LogP contribution < -0.4 is 15.0 Å². The Labute approximate surface area is 96.4 Å². The number of hydrogen-bond acceptors (Lipinski definition) is 1. The summed E-state index contributed by atoms with van der Waals surface area (Å²) in [6, 6.07) is 8.44. The summed E-state index contributed by atoms with van der Waals surface area (Å²) in [7, 11) is 0. The Morgan fingerprint density at radius 2 is 2.06 bits per heavy atom. The van der Waals surface area contributed by atoms with Gasteiger partial charge in [-0.15, -0.1) is 0 Å². The molecule has 0 spiro atoms. The predicted molar refractivity (Wildman–Crippen MR) is 61.8 cm³/mol. The molecule has 1 saturated heterocycles. The lowest BCUT2D eigenvalue weighted by Gasteiger charge is -2.24. The third-order valence-electron chi connectivity index (χ3n) is 3.63. The van der Waals surface area contributed by atoms with Crippen LogP contribution in [0.3, 0.4) is 0 Å². The number of benzene rings is 1. The summed E-state index contributed by atoms with van der Waals surface area (Å²) in [5.74, 6) is 1.11.